The smallest absolute Gasteiger partial charge is 0.310 e. The number of hydrogen-bond acceptors (Lipinski definition) is 4. The molecule has 4 rings (SSSR count). The third kappa shape index (κ3) is 4.10. The Bertz CT molecular complexity index is 697. The Morgan fingerprint density at radius 2 is 1.92 bits per heavy atom. The van der Waals surface area contributed by atoms with E-state index in [2.05, 4.69) is 10.4 Å². The molecule has 140 valence electrons. The van der Waals surface area contributed by atoms with Crippen LogP contribution in [0.2, 0.25) is 0 Å². The number of nitrogens with zero attached hydrogens (tertiary/aromatic N) is 1. The van der Waals surface area contributed by atoms with Gasteiger partial charge in [0.05, 0.1) is 0 Å². The lowest BCUT2D eigenvalue weighted by Gasteiger charge is -2.32. The molecule has 1 unspecified atom stereocenters. The van der Waals surface area contributed by atoms with Crippen molar-refractivity contribution in [3.8, 4) is 0 Å². The molecule has 0 radical (unpaired) electrons. The van der Waals surface area contributed by atoms with Crippen molar-refractivity contribution in [2.75, 3.05) is 19.6 Å². The van der Waals surface area contributed by atoms with E-state index in [4.69, 9.17) is 9.25 Å². The van der Waals surface area contributed by atoms with Gasteiger partial charge in [-0.3, -0.25) is 9.63 Å². The first-order valence-corrected chi connectivity index (χ1v) is 9.96. The van der Waals surface area contributed by atoms with E-state index in [1.54, 1.807) is 6.07 Å². The molecule has 1 aromatic heterocycles. The van der Waals surface area contributed by atoms with Crippen LogP contribution in [-0.4, -0.2) is 36.5 Å². The Hall–Kier alpha value is -1.85. The number of piperidine rings is 1. The molecule has 1 saturated carbocycles. The highest BCUT2D eigenvalue weighted by Crippen LogP contribution is 2.30. The van der Waals surface area contributed by atoms with E-state index in [-0.39, 0.29) is 12.0 Å². The molecule has 2 aromatic rings. The van der Waals surface area contributed by atoms with Crippen LogP contribution in [0.15, 0.2) is 34.7 Å². The Morgan fingerprint density at radius 1 is 1.15 bits per heavy atom. The van der Waals surface area contributed by atoms with Gasteiger partial charge in [-0.1, -0.05) is 37.5 Å². The molecule has 0 bridgehead atoms. The van der Waals surface area contributed by atoms with Gasteiger partial charge in [-0.05, 0) is 56.8 Å². The molecule has 1 N–H and O–H groups in total. The summed E-state index contributed by atoms with van der Waals surface area (Å²) in [7, 11) is 0. The number of benzene rings is 1. The van der Waals surface area contributed by atoms with E-state index in [9.17, 15) is 4.79 Å². The number of amides is 1. The third-order valence-electron chi connectivity index (χ3n) is 5.76. The minimum absolute atomic E-state index is 0.0592. The standard InChI is InChI=1S/C21H28N2O3/c24-21(19-14-17-10-4-5-11-18(17)25-19)22-26-20(16-8-2-3-9-16)15-23-12-6-1-7-13-23/h4-5,10-11,14,16,20H,1-3,6-9,12-13,15H2,(H,22,24). The van der Waals surface area contributed by atoms with Gasteiger partial charge in [0.1, 0.15) is 11.7 Å². The number of hydroxylamine groups is 1. The van der Waals surface area contributed by atoms with E-state index < -0.39 is 0 Å². The normalized spacial score (nSPS) is 20.5. The van der Waals surface area contributed by atoms with Gasteiger partial charge in [-0.2, -0.15) is 0 Å². The van der Waals surface area contributed by atoms with Crippen molar-refractivity contribution in [1.82, 2.24) is 10.4 Å². The van der Waals surface area contributed by atoms with E-state index in [0.29, 0.717) is 11.7 Å². The number of nitrogens with one attached hydrogen (secondary N) is 1. The zero-order chi connectivity index (χ0) is 17.8. The second kappa shape index (κ2) is 8.23. The lowest BCUT2D eigenvalue weighted by atomic mass is 9.99. The fraction of sp³-hybridized carbons (Fsp3) is 0.571. The van der Waals surface area contributed by atoms with E-state index in [1.807, 2.05) is 24.3 Å². The number of hydrogen-bond donors (Lipinski definition) is 1. The highest BCUT2D eigenvalue weighted by Gasteiger charge is 2.29. The summed E-state index contributed by atoms with van der Waals surface area (Å²) in [6.07, 6.45) is 8.84. The van der Waals surface area contributed by atoms with Crippen molar-refractivity contribution in [2.45, 2.75) is 51.0 Å². The number of para-hydroxylation sites is 1. The van der Waals surface area contributed by atoms with Crippen LogP contribution in [0.4, 0.5) is 0 Å². The number of rotatable bonds is 6. The monoisotopic (exact) mass is 356 g/mol. The number of furan rings is 1. The van der Waals surface area contributed by atoms with Crippen LogP contribution in [0.25, 0.3) is 11.0 Å². The van der Waals surface area contributed by atoms with Gasteiger partial charge in [0.25, 0.3) is 0 Å². The predicted molar refractivity (Wildman–Crippen MR) is 101 cm³/mol. The van der Waals surface area contributed by atoms with Gasteiger partial charge in [-0.15, -0.1) is 0 Å². The number of likely N-dealkylation sites (tertiary alicyclic amines) is 1. The van der Waals surface area contributed by atoms with Crippen molar-refractivity contribution in [1.29, 1.82) is 0 Å². The summed E-state index contributed by atoms with van der Waals surface area (Å²) < 4.78 is 5.64. The summed E-state index contributed by atoms with van der Waals surface area (Å²) in [5.74, 6) is 0.532. The zero-order valence-electron chi connectivity index (χ0n) is 15.3. The van der Waals surface area contributed by atoms with Crippen molar-refractivity contribution in [3.05, 3.63) is 36.1 Å². The van der Waals surface area contributed by atoms with Crippen LogP contribution in [-0.2, 0) is 4.84 Å². The average Bonchev–Trinajstić information content (AvgIpc) is 3.35. The molecule has 1 saturated heterocycles. The minimum atomic E-state index is -0.303. The maximum atomic E-state index is 12.5. The van der Waals surface area contributed by atoms with E-state index in [1.165, 1.54) is 44.9 Å². The zero-order valence-corrected chi connectivity index (χ0v) is 15.3. The first-order valence-electron chi connectivity index (χ1n) is 9.96. The fourth-order valence-electron chi connectivity index (χ4n) is 4.28. The molecule has 5 heteroatoms. The summed E-state index contributed by atoms with van der Waals surface area (Å²) in [5.41, 5.74) is 3.39. The summed E-state index contributed by atoms with van der Waals surface area (Å²) in [4.78, 5) is 20.9. The second-order valence-electron chi connectivity index (χ2n) is 7.64. The quantitative estimate of drug-likeness (QED) is 0.791. The van der Waals surface area contributed by atoms with Gasteiger partial charge in [0.15, 0.2) is 5.76 Å². The number of fused-ring (bicyclic) bond motifs is 1. The molecule has 2 aliphatic rings. The Kier molecular flexibility index (Phi) is 5.56. The molecule has 5 nitrogen and oxygen atoms in total. The Labute approximate surface area is 154 Å². The molecule has 1 aliphatic carbocycles. The molecule has 2 heterocycles. The second-order valence-corrected chi connectivity index (χ2v) is 7.64. The van der Waals surface area contributed by atoms with Crippen LogP contribution < -0.4 is 5.48 Å². The van der Waals surface area contributed by atoms with Gasteiger partial charge >= 0.3 is 5.91 Å². The van der Waals surface area contributed by atoms with Gasteiger partial charge in [0, 0.05) is 11.9 Å². The molecule has 1 aromatic carbocycles. The topological polar surface area (TPSA) is 54.7 Å². The first kappa shape index (κ1) is 17.6. The van der Waals surface area contributed by atoms with Gasteiger partial charge < -0.3 is 9.32 Å². The summed E-state index contributed by atoms with van der Waals surface area (Å²) in [6, 6.07) is 9.41. The molecule has 0 spiro atoms. The van der Waals surface area contributed by atoms with Crippen molar-refractivity contribution in [2.24, 2.45) is 5.92 Å². The number of carbonyl (C=O) groups is 1. The maximum absolute atomic E-state index is 12.5. The molecular formula is C21H28N2O3. The molecule has 1 aliphatic heterocycles. The van der Waals surface area contributed by atoms with Crippen LogP contribution >= 0.6 is 0 Å². The highest BCUT2D eigenvalue weighted by molar-refractivity contribution is 5.95. The number of carbonyl (C=O) groups excluding carboxylic acids is 1. The molecular weight excluding hydrogens is 328 g/mol. The van der Waals surface area contributed by atoms with Crippen LogP contribution in [0, 0.1) is 5.92 Å². The Morgan fingerprint density at radius 3 is 2.69 bits per heavy atom. The van der Waals surface area contributed by atoms with Crippen molar-refractivity contribution < 1.29 is 14.0 Å². The van der Waals surface area contributed by atoms with E-state index >= 15 is 0 Å². The van der Waals surface area contributed by atoms with Crippen LogP contribution in [0.1, 0.15) is 55.5 Å². The van der Waals surface area contributed by atoms with Crippen LogP contribution in [0.3, 0.4) is 0 Å². The lowest BCUT2D eigenvalue weighted by Crippen LogP contribution is -2.43. The molecule has 1 atom stereocenters. The van der Waals surface area contributed by atoms with Crippen molar-refractivity contribution >= 4 is 16.9 Å². The van der Waals surface area contributed by atoms with Gasteiger partial charge in [0.2, 0.25) is 0 Å². The third-order valence-corrected chi connectivity index (χ3v) is 5.76. The summed E-state index contributed by atoms with van der Waals surface area (Å²) in [6.45, 7) is 3.19. The molecule has 1 amide bonds. The largest absolute Gasteiger partial charge is 0.451 e. The van der Waals surface area contributed by atoms with Gasteiger partial charge in [-0.25, -0.2) is 5.48 Å². The molecule has 2 fully saturated rings. The van der Waals surface area contributed by atoms with E-state index in [0.717, 1.165) is 30.6 Å². The van der Waals surface area contributed by atoms with Crippen molar-refractivity contribution in [3.63, 3.8) is 0 Å². The average molecular weight is 356 g/mol. The highest BCUT2D eigenvalue weighted by atomic mass is 16.7. The Balaban J connectivity index is 1.38. The SMILES string of the molecule is O=C(NOC(CN1CCCCC1)C1CCCC1)c1cc2ccccc2o1. The maximum Gasteiger partial charge on any atom is 0.310 e. The van der Waals surface area contributed by atoms with Crippen LogP contribution in [0.5, 0.6) is 0 Å². The fourth-order valence-corrected chi connectivity index (χ4v) is 4.28. The summed E-state index contributed by atoms with van der Waals surface area (Å²) >= 11 is 0. The predicted octanol–water partition coefficient (Wildman–Crippen LogP) is 4.14. The summed E-state index contributed by atoms with van der Waals surface area (Å²) in [5, 5.41) is 0.929. The minimum Gasteiger partial charge on any atom is -0.451 e. The lowest BCUT2D eigenvalue weighted by molar-refractivity contribution is -0.0591. The molecule has 26 heavy (non-hydrogen) atoms. The first-order chi connectivity index (χ1) is 12.8.